The molecular formula is C52H34N2S. The molecule has 55 heavy (non-hydrogen) atoms. The fourth-order valence-electron chi connectivity index (χ4n) is 8.37. The number of aromatic nitrogens is 1. The van der Waals surface area contributed by atoms with Crippen molar-refractivity contribution < 1.29 is 0 Å². The largest absolute Gasteiger partial charge is 0.310 e. The zero-order valence-corrected chi connectivity index (χ0v) is 30.7. The molecule has 11 rings (SSSR count). The van der Waals surface area contributed by atoms with E-state index in [4.69, 9.17) is 0 Å². The number of para-hydroxylation sites is 2. The van der Waals surface area contributed by atoms with Crippen molar-refractivity contribution in [2.75, 3.05) is 4.90 Å². The summed E-state index contributed by atoms with van der Waals surface area (Å²) in [6.45, 7) is 0. The van der Waals surface area contributed by atoms with Crippen LogP contribution in [0.1, 0.15) is 0 Å². The number of fused-ring (bicyclic) bond motifs is 8. The summed E-state index contributed by atoms with van der Waals surface area (Å²) < 4.78 is 5.06. The molecule has 0 amide bonds. The lowest BCUT2D eigenvalue weighted by Gasteiger charge is -2.26. The quantitative estimate of drug-likeness (QED) is 0.166. The summed E-state index contributed by atoms with van der Waals surface area (Å²) in [5.74, 6) is 0. The molecule has 3 heteroatoms. The smallest absolute Gasteiger partial charge is 0.0541 e. The van der Waals surface area contributed by atoms with Gasteiger partial charge in [-0.2, -0.15) is 0 Å². The van der Waals surface area contributed by atoms with E-state index < -0.39 is 0 Å². The van der Waals surface area contributed by atoms with Crippen LogP contribution in [0.25, 0.3) is 80.7 Å². The summed E-state index contributed by atoms with van der Waals surface area (Å²) in [4.78, 5) is 2.39. The molecule has 0 saturated heterocycles. The van der Waals surface area contributed by atoms with Gasteiger partial charge in [0.05, 0.1) is 11.0 Å². The van der Waals surface area contributed by atoms with Crippen LogP contribution in [-0.2, 0) is 0 Å². The van der Waals surface area contributed by atoms with Gasteiger partial charge in [-0.1, -0.05) is 140 Å². The number of nitrogens with zero attached hydrogens (tertiary/aromatic N) is 2. The summed E-state index contributed by atoms with van der Waals surface area (Å²) in [7, 11) is 0. The average Bonchev–Trinajstić information content (AvgIpc) is 3.81. The van der Waals surface area contributed by atoms with Crippen LogP contribution in [-0.4, -0.2) is 4.57 Å². The zero-order valence-electron chi connectivity index (χ0n) is 29.9. The summed E-state index contributed by atoms with van der Waals surface area (Å²) in [6.07, 6.45) is 0. The minimum Gasteiger partial charge on any atom is -0.310 e. The normalized spacial score (nSPS) is 11.6. The Bertz CT molecular complexity index is 3150. The number of benzene rings is 9. The lowest BCUT2D eigenvalue weighted by atomic mass is 10.0. The average molecular weight is 719 g/mol. The molecule has 0 saturated carbocycles. The summed E-state index contributed by atoms with van der Waals surface area (Å²) in [6, 6.07) is 75.1. The first-order valence-electron chi connectivity index (χ1n) is 18.8. The maximum absolute atomic E-state index is 2.39. The van der Waals surface area contributed by atoms with Crippen LogP contribution in [0.4, 0.5) is 17.1 Å². The topological polar surface area (TPSA) is 8.17 Å². The fraction of sp³-hybridized carbons (Fsp3) is 0. The van der Waals surface area contributed by atoms with Crippen LogP contribution in [0.3, 0.4) is 0 Å². The van der Waals surface area contributed by atoms with Crippen molar-refractivity contribution in [3.05, 3.63) is 206 Å². The highest BCUT2D eigenvalue weighted by Gasteiger charge is 2.17. The summed E-state index contributed by atoms with van der Waals surface area (Å²) >= 11 is 1.88. The Balaban J connectivity index is 1.05. The van der Waals surface area contributed by atoms with Gasteiger partial charge in [0.15, 0.2) is 0 Å². The Morgan fingerprint density at radius 1 is 0.345 bits per heavy atom. The van der Waals surface area contributed by atoms with Gasteiger partial charge in [-0.3, -0.25) is 0 Å². The lowest BCUT2D eigenvalue weighted by molar-refractivity contribution is 1.18. The maximum atomic E-state index is 2.39. The van der Waals surface area contributed by atoms with Gasteiger partial charge in [0.25, 0.3) is 0 Å². The van der Waals surface area contributed by atoms with Crippen LogP contribution in [0, 0.1) is 0 Å². The molecule has 9 aromatic carbocycles. The summed E-state index contributed by atoms with van der Waals surface area (Å²) in [5.41, 5.74) is 11.7. The molecule has 0 bridgehead atoms. The van der Waals surface area contributed by atoms with E-state index in [0.717, 1.165) is 22.7 Å². The van der Waals surface area contributed by atoms with Crippen molar-refractivity contribution in [1.29, 1.82) is 0 Å². The van der Waals surface area contributed by atoms with Crippen molar-refractivity contribution in [3.8, 4) is 27.9 Å². The second-order valence-electron chi connectivity index (χ2n) is 14.2. The van der Waals surface area contributed by atoms with Gasteiger partial charge in [0.1, 0.15) is 0 Å². The second-order valence-corrected chi connectivity index (χ2v) is 15.2. The highest BCUT2D eigenvalue weighted by atomic mass is 32.1. The molecule has 2 aromatic heterocycles. The van der Waals surface area contributed by atoms with Gasteiger partial charge in [0.2, 0.25) is 0 Å². The Morgan fingerprint density at radius 3 is 1.71 bits per heavy atom. The molecule has 0 N–H and O–H groups in total. The van der Waals surface area contributed by atoms with Gasteiger partial charge in [-0.05, 0) is 99.8 Å². The van der Waals surface area contributed by atoms with Gasteiger partial charge < -0.3 is 9.47 Å². The zero-order chi connectivity index (χ0) is 36.3. The Hall–Kier alpha value is -6.94. The van der Waals surface area contributed by atoms with Gasteiger partial charge >= 0.3 is 0 Å². The number of hydrogen-bond donors (Lipinski definition) is 0. The number of anilines is 3. The molecule has 2 nitrogen and oxygen atoms in total. The first kappa shape index (κ1) is 31.6. The van der Waals surface area contributed by atoms with Crippen LogP contribution in [0.2, 0.25) is 0 Å². The van der Waals surface area contributed by atoms with Crippen LogP contribution >= 0.6 is 11.3 Å². The third kappa shape index (κ3) is 5.32. The molecule has 0 radical (unpaired) electrons. The molecule has 258 valence electrons. The third-order valence-corrected chi connectivity index (χ3v) is 12.2. The lowest BCUT2D eigenvalue weighted by Crippen LogP contribution is -2.10. The van der Waals surface area contributed by atoms with Crippen molar-refractivity contribution >= 4 is 81.1 Å². The second kappa shape index (κ2) is 12.9. The van der Waals surface area contributed by atoms with E-state index in [1.807, 2.05) is 11.3 Å². The summed E-state index contributed by atoms with van der Waals surface area (Å²) in [5, 5.41) is 7.71. The minimum absolute atomic E-state index is 1.11. The van der Waals surface area contributed by atoms with E-state index in [1.54, 1.807) is 0 Å². The number of thiophene rings is 1. The maximum Gasteiger partial charge on any atom is 0.0541 e. The van der Waals surface area contributed by atoms with E-state index in [9.17, 15) is 0 Å². The predicted octanol–water partition coefficient (Wildman–Crippen LogP) is 15.1. The molecular weight excluding hydrogens is 685 g/mol. The van der Waals surface area contributed by atoms with E-state index in [0.29, 0.717) is 0 Å². The highest BCUT2D eigenvalue weighted by molar-refractivity contribution is 7.26. The number of hydrogen-bond acceptors (Lipinski definition) is 2. The molecule has 2 heterocycles. The van der Waals surface area contributed by atoms with E-state index in [1.165, 1.54) is 75.0 Å². The van der Waals surface area contributed by atoms with Gasteiger partial charge in [-0.15, -0.1) is 11.3 Å². The Labute approximate surface area is 323 Å². The van der Waals surface area contributed by atoms with Crippen LogP contribution in [0.5, 0.6) is 0 Å². The molecule has 0 fully saturated rings. The van der Waals surface area contributed by atoms with E-state index in [-0.39, 0.29) is 0 Å². The molecule has 0 atom stereocenters. The minimum atomic E-state index is 1.11. The van der Waals surface area contributed by atoms with Crippen molar-refractivity contribution in [2.24, 2.45) is 0 Å². The van der Waals surface area contributed by atoms with Crippen molar-refractivity contribution in [3.63, 3.8) is 0 Å². The van der Waals surface area contributed by atoms with Crippen LogP contribution < -0.4 is 4.90 Å². The molecule has 11 aromatic rings. The molecule has 0 spiro atoms. The van der Waals surface area contributed by atoms with Crippen LogP contribution in [0.15, 0.2) is 206 Å². The first-order chi connectivity index (χ1) is 27.3. The number of rotatable bonds is 6. The predicted molar refractivity (Wildman–Crippen MR) is 237 cm³/mol. The Kier molecular flexibility index (Phi) is 7.39. The third-order valence-electron chi connectivity index (χ3n) is 11.0. The molecule has 0 unspecified atom stereocenters. The molecule has 0 aliphatic carbocycles. The van der Waals surface area contributed by atoms with E-state index in [2.05, 4.69) is 216 Å². The molecule has 0 aliphatic heterocycles. The Morgan fingerprint density at radius 2 is 0.927 bits per heavy atom. The van der Waals surface area contributed by atoms with E-state index >= 15 is 0 Å². The van der Waals surface area contributed by atoms with Gasteiger partial charge in [0, 0.05) is 53.7 Å². The standard InChI is InChI=1S/C52H34N2S/c1-2-12-35(13-3-1)36-24-27-40(28-25-36)53(43-29-31-44-39(34-43)26-30-48-47-20-6-9-23-51(47)55-52(44)48)41-16-10-14-37(32-41)38-15-11-17-42(33-38)54-49-21-7-4-18-45(49)46-19-5-8-22-50(46)54/h1-34H. The fourth-order valence-corrected chi connectivity index (χ4v) is 9.61. The molecule has 0 aliphatic rings. The van der Waals surface area contributed by atoms with Gasteiger partial charge in [-0.25, -0.2) is 0 Å². The first-order valence-corrected chi connectivity index (χ1v) is 19.6. The SMILES string of the molecule is c1ccc(-c2ccc(N(c3cccc(-c4cccc(-n5c6ccccc6c6ccccc65)c4)c3)c3ccc4c(ccc5c6ccccc6sc45)c3)cc2)cc1. The van der Waals surface area contributed by atoms with Crippen molar-refractivity contribution in [1.82, 2.24) is 4.57 Å². The van der Waals surface area contributed by atoms with Crippen molar-refractivity contribution in [2.45, 2.75) is 0 Å². The monoisotopic (exact) mass is 718 g/mol. The highest BCUT2D eigenvalue weighted by Crippen LogP contribution is 2.43.